The highest BCUT2D eigenvalue weighted by molar-refractivity contribution is 7.99. The summed E-state index contributed by atoms with van der Waals surface area (Å²) in [6.45, 7) is 6.61. The second-order valence-corrected chi connectivity index (χ2v) is 5.75. The van der Waals surface area contributed by atoms with Gasteiger partial charge in [0.15, 0.2) is 0 Å². The first kappa shape index (κ1) is 11.3. The van der Waals surface area contributed by atoms with Gasteiger partial charge in [-0.25, -0.2) is 0 Å². The SMILES string of the molecule is CC(C)(N)CSCC1CCCNC1. The van der Waals surface area contributed by atoms with Crippen molar-refractivity contribution >= 4 is 11.8 Å². The first-order valence-corrected chi connectivity index (χ1v) is 6.31. The third-order valence-electron chi connectivity index (χ3n) is 2.23. The zero-order valence-electron chi connectivity index (χ0n) is 8.81. The number of nitrogens with one attached hydrogen (secondary N) is 1. The van der Waals surface area contributed by atoms with Gasteiger partial charge in [-0.05, 0) is 51.4 Å². The number of nitrogens with two attached hydrogens (primary N) is 1. The molecule has 0 aromatic heterocycles. The first-order chi connectivity index (χ1) is 6.08. The van der Waals surface area contributed by atoms with Crippen LogP contribution in [0, 0.1) is 5.92 Å². The van der Waals surface area contributed by atoms with Gasteiger partial charge in [-0.3, -0.25) is 0 Å². The van der Waals surface area contributed by atoms with Crippen LogP contribution in [-0.2, 0) is 0 Å². The second kappa shape index (κ2) is 5.23. The first-order valence-electron chi connectivity index (χ1n) is 5.15. The van der Waals surface area contributed by atoms with Crippen LogP contribution in [0.3, 0.4) is 0 Å². The summed E-state index contributed by atoms with van der Waals surface area (Å²) in [5.74, 6) is 3.22. The van der Waals surface area contributed by atoms with E-state index in [1.165, 1.54) is 31.7 Å². The molecule has 3 N–H and O–H groups in total. The van der Waals surface area contributed by atoms with Gasteiger partial charge in [0.05, 0.1) is 0 Å². The Hall–Kier alpha value is 0.270. The van der Waals surface area contributed by atoms with E-state index in [0.29, 0.717) is 0 Å². The quantitative estimate of drug-likeness (QED) is 0.725. The minimum atomic E-state index is -0.00718. The lowest BCUT2D eigenvalue weighted by Crippen LogP contribution is -2.36. The summed E-state index contributed by atoms with van der Waals surface area (Å²) in [5, 5.41) is 3.44. The van der Waals surface area contributed by atoms with Gasteiger partial charge >= 0.3 is 0 Å². The van der Waals surface area contributed by atoms with Crippen molar-refractivity contribution in [1.29, 1.82) is 0 Å². The van der Waals surface area contributed by atoms with E-state index < -0.39 is 0 Å². The molecule has 1 aliphatic heterocycles. The van der Waals surface area contributed by atoms with Crippen molar-refractivity contribution in [2.75, 3.05) is 24.6 Å². The standard InChI is InChI=1S/C10H22N2S/c1-10(2,11)8-13-7-9-4-3-5-12-6-9/h9,12H,3-8,11H2,1-2H3. The molecule has 2 nitrogen and oxygen atoms in total. The van der Waals surface area contributed by atoms with Gasteiger partial charge in [0.1, 0.15) is 0 Å². The Labute approximate surface area is 86.0 Å². The fourth-order valence-corrected chi connectivity index (χ4v) is 2.82. The third kappa shape index (κ3) is 5.55. The van der Waals surface area contributed by atoms with Gasteiger partial charge in [0.2, 0.25) is 0 Å². The van der Waals surface area contributed by atoms with E-state index >= 15 is 0 Å². The van der Waals surface area contributed by atoms with Gasteiger partial charge in [-0.1, -0.05) is 0 Å². The Morgan fingerprint density at radius 3 is 2.85 bits per heavy atom. The summed E-state index contributed by atoms with van der Waals surface area (Å²) in [5.41, 5.74) is 5.91. The van der Waals surface area contributed by atoms with Crippen molar-refractivity contribution < 1.29 is 0 Å². The summed E-state index contributed by atoms with van der Waals surface area (Å²) in [4.78, 5) is 0. The van der Waals surface area contributed by atoms with Crippen LogP contribution in [0.5, 0.6) is 0 Å². The molecule has 0 saturated carbocycles. The molecule has 78 valence electrons. The topological polar surface area (TPSA) is 38.0 Å². The lowest BCUT2D eigenvalue weighted by molar-refractivity contribution is 0.410. The molecule has 1 heterocycles. The van der Waals surface area contributed by atoms with Crippen LogP contribution in [0.25, 0.3) is 0 Å². The molecule has 0 aromatic carbocycles. The third-order valence-corrected chi connectivity index (χ3v) is 3.88. The molecule has 1 saturated heterocycles. The molecular weight excluding hydrogens is 180 g/mol. The fourth-order valence-electron chi connectivity index (χ4n) is 1.55. The normalized spacial score (nSPS) is 24.7. The lowest BCUT2D eigenvalue weighted by atomic mass is 10.0. The van der Waals surface area contributed by atoms with E-state index in [2.05, 4.69) is 19.2 Å². The van der Waals surface area contributed by atoms with E-state index in [9.17, 15) is 0 Å². The maximum atomic E-state index is 5.91. The Kier molecular flexibility index (Phi) is 4.56. The summed E-state index contributed by atoms with van der Waals surface area (Å²) in [7, 11) is 0. The van der Waals surface area contributed by atoms with E-state index in [-0.39, 0.29) is 5.54 Å². The average molecular weight is 202 g/mol. The van der Waals surface area contributed by atoms with Crippen LogP contribution in [0.1, 0.15) is 26.7 Å². The average Bonchev–Trinajstić information content (AvgIpc) is 2.04. The molecule has 0 spiro atoms. The largest absolute Gasteiger partial charge is 0.325 e. The maximum Gasteiger partial charge on any atom is 0.0188 e. The maximum absolute atomic E-state index is 5.91. The number of hydrogen-bond acceptors (Lipinski definition) is 3. The van der Waals surface area contributed by atoms with Crippen molar-refractivity contribution in [3.05, 3.63) is 0 Å². The van der Waals surface area contributed by atoms with E-state index in [1.807, 2.05) is 11.8 Å². The lowest BCUT2D eigenvalue weighted by Gasteiger charge is -2.24. The summed E-state index contributed by atoms with van der Waals surface area (Å²) >= 11 is 2.00. The minimum Gasteiger partial charge on any atom is -0.325 e. The molecule has 1 rings (SSSR count). The van der Waals surface area contributed by atoms with Crippen LogP contribution in [0.2, 0.25) is 0 Å². The zero-order chi connectivity index (χ0) is 9.73. The summed E-state index contributed by atoms with van der Waals surface area (Å²) < 4.78 is 0. The molecule has 1 unspecified atom stereocenters. The predicted molar refractivity (Wildman–Crippen MR) is 61.2 cm³/mol. The molecule has 1 aliphatic rings. The molecule has 0 amide bonds. The highest BCUT2D eigenvalue weighted by atomic mass is 32.2. The monoisotopic (exact) mass is 202 g/mol. The molecule has 13 heavy (non-hydrogen) atoms. The van der Waals surface area contributed by atoms with Gasteiger partial charge in [0, 0.05) is 11.3 Å². The van der Waals surface area contributed by atoms with Crippen LogP contribution in [0.15, 0.2) is 0 Å². The van der Waals surface area contributed by atoms with Crippen LogP contribution >= 0.6 is 11.8 Å². The van der Waals surface area contributed by atoms with Gasteiger partial charge < -0.3 is 11.1 Å². The number of piperidine rings is 1. The van der Waals surface area contributed by atoms with Gasteiger partial charge in [-0.15, -0.1) is 0 Å². The Morgan fingerprint density at radius 1 is 1.54 bits per heavy atom. The van der Waals surface area contributed by atoms with Crippen molar-refractivity contribution in [3.63, 3.8) is 0 Å². The summed E-state index contributed by atoms with van der Waals surface area (Å²) in [6.07, 6.45) is 2.74. The second-order valence-electron chi connectivity index (χ2n) is 4.72. The molecule has 0 radical (unpaired) electrons. The van der Waals surface area contributed by atoms with Crippen molar-refractivity contribution in [2.45, 2.75) is 32.2 Å². The molecule has 3 heteroatoms. The molecule has 0 bridgehead atoms. The van der Waals surface area contributed by atoms with Crippen molar-refractivity contribution in [1.82, 2.24) is 5.32 Å². The van der Waals surface area contributed by atoms with E-state index in [0.717, 1.165) is 11.7 Å². The molecule has 0 aromatic rings. The Morgan fingerprint density at radius 2 is 2.31 bits per heavy atom. The zero-order valence-corrected chi connectivity index (χ0v) is 9.62. The Balaban J connectivity index is 2.04. The summed E-state index contributed by atoms with van der Waals surface area (Å²) in [6, 6.07) is 0. The predicted octanol–water partition coefficient (Wildman–Crippen LogP) is 1.46. The molecule has 0 aliphatic carbocycles. The fraction of sp³-hybridized carbons (Fsp3) is 1.00. The number of hydrogen-bond donors (Lipinski definition) is 2. The van der Waals surface area contributed by atoms with Crippen LogP contribution < -0.4 is 11.1 Å². The van der Waals surface area contributed by atoms with Crippen LogP contribution in [0.4, 0.5) is 0 Å². The smallest absolute Gasteiger partial charge is 0.0188 e. The van der Waals surface area contributed by atoms with Crippen LogP contribution in [-0.4, -0.2) is 30.1 Å². The number of thioether (sulfide) groups is 1. The highest BCUT2D eigenvalue weighted by Gasteiger charge is 2.15. The van der Waals surface area contributed by atoms with E-state index in [4.69, 9.17) is 5.73 Å². The highest BCUT2D eigenvalue weighted by Crippen LogP contribution is 2.18. The Bertz CT molecular complexity index is 136. The van der Waals surface area contributed by atoms with Gasteiger partial charge in [0.25, 0.3) is 0 Å². The van der Waals surface area contributed by atoms with Crippen molar-refractivity contribution in [3.8, 4) is 0 Å². The van der Waals surface area contributed by atoms with E-state index in [1.54, 1.807) is 0 Å². The van der Waals surface area contributed by atoms with Gasteiger partial charge in [-0.2, -0.15) is 11.8 Å². The molecular formula is C10H22N2S. The number of rotatable bonds is 4. The molecule has 1 atom stereocenters. The molecule has 1 fully saturated rings. The van der Waals surface area contributed by atoms with Crippen molar-refractivity contribution in [2.24, 2.45) is 11.7 Å². The minimum absolute atomic E-state index is 0.00718.